The van der Waals surface area contributed by atoms with Crippen LogP contribution in [0.3, 0.4) is 0 Å². The predicted molar refractivity (Wildman–Crippen MR) is 47.4 cm³/mol. The average Bonchev–Trinajstić information content (AvgIpc) is 2.61. The molecule has 0 unspecified atom stereocenters. The zero-order chi connectivity index (χ0) is 10.8. The number of hydrogen-bond donors (Lipinski definition) is 1. The largest absolute Gasteiger partial charge is 0.432 e. The summed E-state index contributed by atoms with van der Waals surface area (Å²) in [6, 6.07) is 6.33. The number of nitrogens with one attached hydrogen (secondary N) is 1. The highest BCUT2D eigenvalue weighted by Gasteiger charge is 2.11. The molecule has 0 radical (unpaired) electrons. The summed E-state index contributed by atoms with van der Waals surface area (Å²) < 4.78 is 28.3. The van der Waals surface area contributed by atoms with Gasteiger partial charge in [-0.05, 0) is 12.1 Å². The summed E-state index contributed by atoms with van der Waals surface area (Å²) in [4.78, 5) is 6.47. The Bertz CT molecular complexity index is 530. The Labute approximate surface area is 83.1 Å². The lowest BCUT2D eigenvalue weighted by molar-refractivity contribution is -0.0489. The third-order valence-corrected chi connectivity index (χ3v) is 1.80. The topological polar surface area (TPSA) is 61.7 Å². The number of rotatable bonds is 2. The normalized spacial score (nSPS) is 10.5. The minimum absolute atomic E-state index is 0.0414. The highest BCUT2D eigenvalue weighted by Crippen LogP contribution is 2.24. The molecular formula is C9H5F2N3O. The number of benzene rings is 1. The maximum Gasteiger partial charge on any atom is 0.387 e. The standard InChI is InChI=1S/C9H5F2N3O/c10-9(11)15-6-3-1-2-5-8(6)14-7(4-12)13-5/h1-3,9H,(H,13,14). The number of aromatic amines is 1. The van der Waals surface area contributed by atoms with E-state index in [9.17, 15) is 8.78 Å². The molecule has 15 heavy (non-hydrogen) atoms. The SMILES string of the molecule is N#Cc1nc2c(OC(F)F)cccc2[nH]1. The van der Waals surface area contributed by atoms with Crippen LogP contribution in [0, 0.1) is 11.3 Å². The molecule has 0 aliphatic heterocycles. The monoisotopic (exact) mass is 209 g/mol. The second kappa shape index (κ2) is 3.53. The molecule has 6 heteroatoms. The van der Waals surface area contributed by atoms with Crippen LogP contribution in [0.25, 0.3) is 11.0 Å². The second-order valence-corrected chi connectivity index (χ2v) is 2.73. The quantitative estimate of drug-likeness (QED) is 0.823. The summed E-state index contributed by atoms with van der Waals surface area (Å²) in [5.74, 6) is 0.0237. The van der Waals surface area contributed by atoms with Crippen molar-refractivity contribution in [1.29, 1.82) is 5.26 Å². The summed E-state index contributed by atoms with van der Waals surface area (Å²) in [5, 5.41) is 8.58. The van der Waals surface area contributed by atoms with Crippen molar-refractivity contribution in [2.24, 2.45) is 0 Å². The van der Waals surface area contributed by atoms with Gasteiger partial charge in [0.1, 0.15) is 11.6 Å². The number of para-hydroxylation sites is 1. The molecule has 1 N–H and O–H groups in total. The van der Waals surface area contributed by atoms with Crippen LogP contribution >= 0.6 is 0 Å². The van der Waals surface area contributed by atoms with Crippen LogP contribution in [0.15, 0.2) is 18.2 Å². The number of nitrogens with zero attached hydrogens (tertiary/aromatic N) is 2. The van der Waals surface area contributed by atoms with Gasteiger partial charge < -0.3 is 9.72 Å². The maximum atomic E-state index is 12.0. The number of aromatic nitrogens is 2. The first kappa shape index (κ1) is 9.40. The van der Waals surface area contributed by atoms with Crippen molar-refractivity contribution in [3.63, 3.8) is 0 Å². The maximum absolute atomic E-state index is 12.0. The number of fused-ring (bicyclic) bond motifs is 1. The van der Waals surface area contributed by atoms with E-state index in [0.717, 1.165) is 0 Å². The molecule has 2 aromatic rings. The average molecular weight is 209 g/mol. The first-order chi connectivity index (χ1) is 7.20. The number of alkyl halides is 2. The van der Waals surface area contributed by atoms with Gasteiger partial charge in [0.25, 0.3) is 0 Å². The molecule has 0 saturated heterocycles. The molecule has 0 aliphatic rings. The molecule has 0 spiro atoms. The van der Waals surface area contributed by atoms with E-state index < -0.39 is 6.61 Å². The summed E-state index contributed by atoms with van der Waals surface area (Å²) in [7, 11) is 0. The Morgan fingerprint density at radius 3 is 2.93 bits per heavy atom. The van der Waals surface area contributed by atoms with Crippen molar-refractivity contribution < 1.29 is 13.5 Å². The van der Waals surface area contributed by atoms with Gasteiger partial charge in [-0.1, -0.05) is 6.07 Å². The number of halogens is 2. The zero-order valence-corrected chi connectivity index (χ0v) is 7.37. The van der Waals surface area contributed by atoms with Gasteiger partial charge in [0.15, 0.2) is 5.75 Å². The van der Waals surface area contributed by atoms with Crippen LogP contribution in [0.2, 0.25) is 0 Å². The number of nitriles is 1. The van der Waals surface area contributed by atoms with Gasteiger partial charge in [0, 0.05) is 0 Å². The molecule has 0 fully saturated rings. The van der Waals surface area contributed by atoms with Crippen molar-refractivity contribution >= 4 is 11.0 Å². The molecule has 1 aromatic carbocycles. The lowest BCUT2D eigenvalue weighted by Crippen LogP contribution is -2.02. The van der Waals surface area contributed by atoms with Crippen molar-refractivity contribution in [2.45, 2.75) is 6.61 Å². The Morgan fingerprint density at radius 1 is 1.47 bits per heavy atom. The molecule has 1 aromatic heterocycles. The van der Waals surface area contributed by atoms with E-state index in [4.69, 9.17) is 5.26 Å². The number of hydrogen-bond acceptors (Lipinski definition) is 3. The van der Waals surface area contributed by atoms with Crippen LogP contribution < -0.4 is 4.74 Å². The predicted octanol–water partition coefficient (Wildman–Crippen LogP) is 2.04. The Balaban J connectivity index is 2.55. The highest BCUT2D eigenvalue weighted by atomic mass is 19.3. The fourth-order valence-corrected chi connectivity index (χ4v) is 1.25. The molecule has 1 heterocycles. The van der Waals surface area contributed by atoms with Crippen molar-refractivity contribution in [2.75, 3.05) is 0 Å². The highest BCUT2D eigenvalue weighted by molar-refractivity contribution is 5.82. The van der Waals surface area contributed by atoms with E-state index in [0.29, 0.717) is 5.52 Å². The van der Waals surface area contributed by atoms with Crippen LogP contribution in [-0.4, -0.2) is 16.6 Å². The summed E-state index contributed by atoms with van der Waals surface area (Å²) >= 11 is 0. The molecule has 0 atom stereocenters. The van der Waals surface area contributed by atoms with Crippen LogP contribution in [0.1, 0.15) is 5.82 Å². The van der Waals surface area contributed by atoms with Crippen LogP contribution in [0.4, 0.5) is 8.78 Å². The third kappa shape index (κ3) is 1.72. The smallest absolute Gasteiger partial charge is 0.387 e. The van der Waals surface area contributed by atoms with E-state index in [1.807, 2.05) is 0 Å². The van der Waals surface area contributed by atoms with Crippen LogP contribution in [-0.2, 0) is 0 Å². The fraction of sp³-hybridized carbons (Fsp3) is 0.111. The van der Waals surface area contributed by atoms with E-state index in [2.05, 4.69) is 14.7 Å². The van der Waals surface area contributed by atoms with E-state index in [-0.39, 0.29) is 17.1 Å². The van der Waals surface area contributed by atoms with Gasteiger partial charge >= 0.3 is 6.61 Å². The molecule has 2 rings (SSSR count). The third-order valence-electron chi connectivity index (χ3n) is 1.80. The first-order valence-electron chi connectivity index (χ1n) is 4.04. The lowest BCUT2D eigenvalue weighted by atomic mass is 10.3. The number of ether oxygens (including phenoxy) is 1. The van der Waals surface area contributed by atoms with Gasteiger partial charge in [-0.15, -0.1) is 0 Å². The Hall–Kier alpha value is -2.16. The second-order valence-electron chi connectivity index (χ2n) is 2.73. The Morgan fingerprint density at radius 2 is 2.27 bits per heavy atom. The zero-order valence-electron chi connectivity index (χ0n) is 7.37. The lowest BCUT2D eigenvalue weighted by Gasteiger charge is -2.03. The van der Waals surface area contributed by atoms with Gasteiger partial charge in [0.05, 0.1) is 5.52 Å². The van der Waals surface area contributed by atoms with Crippen molar-refractivity contribution in [3.05, 3.63) is 24.0 Å². The molecule has 76 valence electrons. The van der Waals surface area contributed by atoms with E-state index in [1.165, 1.54) is 6.07 Å². The molecular weight excluding hydrogens is 204 g/mol. The van der Waals surface area contributed by atoms with Gasteiger partial charge in [-0.2, -0.15) is 14.0 Å². The minimum Gasteiger partial charge on any atom is -0.432 e. The van der Waals surface area contributed by atoms with Gasteiger partial charge in [0.2, 0.25) is 5.82 Å². The molecule has 0 aliphatic carbocycles. The summed E-state index contributed by atoms with van der Waals surface area (Å²) in [5.41, 5.74) is 0.721. The number of H-pyrrole nitrogens is 1. The molecule has 4 nitrogen and oxygen atoms in total. The fourth-order valence-electron chi connectivity index (χ4n) is 1.25. The first-order valence-corrected chi connectivity index (χ1v) is 4.04. The van der Waals surface area contributed by atoms with Crippen LogP contribution in [0.5, 0.6) is 5.75 Å². The van der Waals surface area contributed by atoms with E-state index in [1.54, 1.807) is 18.2 Å². The molecule has 0 saturated carbocycles. The van der Waals surface area contributed by atoms with Crippen molar-refractivity contribution in [1.82, 2.24) is 9.97 Å². The van der Waals surface area contributed by atoms with E-state index >= 15 is 0 Å². The summed E-state index contributed by atoms with van der Waals surface area (Å²) in [6.07, 6.45) is 0. The van der Waals surface area contributed by atoms with Crippen molar-refractivity contribution in [3.8, 4) is 11.8 Å². The number of imidazole rings is 1. The van der Waals surface area contributed by atoms with Gasteiger partial charge in [-0.3, -0.25) is 0 Å². The summed E-state index contributed by atoms with van der Waals surface area (Å²) in [6.45, 7) is -2.90. The molecule has 0 bridgehead atoms. The molecule has 0 amide bonds. The van der Waals surface area contributed by atoms with Gasteiger partial charge in [-0.25, -0.2) is 4.98 Å². The Kier molecular flexibility index (Phi) is 2.21. The minimum atomic E-state index is -2.90.